The van der Waals surface area contributed by atoms with Crippen molar-refractivity contribution in [1.29, 1.82) is 0 Å². The molecule has 2 aliphatic rings. The Balaban J connectivity index is 0.941. The van der Waals surface area contributed by atoms with Crippen LogP contribution in [0.4, 0.5) is 11.4 Å². The van der Waals surface area contributed by atoms with Crippen molar-refractivity contribution < 1.29 is 28.7 Å². The van der Waals surface area contributed by atoms with Gasteiger partial charge in [0.1, 0.15) is 23.0 Å². The molecule has 8 nitrogen and oxygen atoms in total. The average Bonchev–Trinajstić information content (AvgIpc) is 3.55. The van der Waals surface area contributed by atoms with Gasteiger partial charge in [-0.2, -0.15) is 0 Å². The number of anilines is 2. The SMILES string of the molecule is CC(C)(c1ccc(Oc2ccc3c(c2)C(=O)N(c2ccccc2)C3=O)cc1)c1ccc(Oc2ccc3c(c2)C(=O)N(c2ccccc2)C3=O)cc1. The van der Waals surface area contributed by atoms with Gasteiger partial charge in [0, 0.05) is 5.41 Å². The molecule has 0 unspecified atom stereocenters. The van der Waals surface area contributed by atoms with Crippen molar-refractivity contribution in [3.8, 4) is 23.0 Å². The highest BCUT2D eigenvalue weighted by molar-refractivity contribution is 6.35. The summed E-state index contributed by atoms with van der Waals surface area (Å²) in [6, 6.07) is 43.1. The normalized spacial score (nSPS) is 13.8. The molecule has 4 amide bonds. The van der Waals surface area contributed by atoms with Gasteiger partial charge in [-0.3, -0.25) is 19.2 Å². The molecule has 6 aromatic carbocycles. The number of para-hydroxylation sites is 2. The minimum absolute atomic E-state index is 0.306. The Morgan fingerprint density at radius 2 is 0.725 bits per heavy atom. The van der Waals surface area contributed by atoms with Gasteiger partial charge in [-0.15, -0.1) is 0 Å². The van der Waals surface area contributed by atoms with E-state index >= 15 is 0 Å². The van der Waals surface area contributed by atoms with E-state index in [1.807, 2.05) is 60.7 Å². The number of carbonyl (C=O) groups excluding carboxylic acids is 4. The van der Waals surface area contributed by atoms with Crippen LogP contribution in [0.3, 0.4) is 0 Å². The first-order valence-corrected chi connectivity index (χ1v) is 16.4. The fourth-order valence-corrected chi connectivity index (χ4v) is 6.51. The number of hydrogen-bond acceptors (Lipinski definition) is 6. The summed E-state index contributed by atoms with van der Waals surface area (Å²) in [5, 5.41) is 0. The van der Waals surface area contributed by atoms with Crippen LogP contribution in [0.5, 0.6) is 23.0 Å². The highest BCUT2D eigenvalue weighted by Gasteiger charge is 2.38. The number of ether oxygens (including phenoxy) is 2. The quantitative estimate of drug-likeness (QED) is 0.150. The summed E-state index contributed by atoms with van der Waals surface area (Å²) in [6.45, 7) is 4.25. The summed E-state index contributed by atoms with van der Waals surface area (Å²) >= 11 is 0. The maximum atomic E-state index is 13.2. The predicted molar refractivity (Wildman–Crippen MR) is 193 cm³/mol. The van der Waals surface area contributed by atoms with Gasteiger partial charge in [0.2, 0.25) is 0 Å². The third kappa shape index (κ3) is 5.53. The van der Waals surface area contributed by atoms with Crippen LogP contribution in [0.25, 0.3) is 0 Å². The lowest BCUT2D eigenvalue weighted by Crippen LogP contribution is -2.29. The van der Waals surface area contributed by atoms with E-state index in [1.54, 1.807) is 84.9 Å². The van der Waals surface area contributed by atoms with Crippen LogP contribution in [-0.4, -0.2) is 23.6 Å². The molecule has 2 aliphatic heterocycles. The summed E-state index contributed by atoms with van der Waals surface area (Å²) < 4.78 is 12.2. The maximum Gasteiger partial charge on any atom is 0.266 e. The van der Waals surface area contributed by atoms with E-state index in [-0.39, 0.29) is 29.0 Å². The largest absolute Gasteiger partial charge is 0.457 e. The number of imide groups is 2. The first-order chi connectivity index (χ1) is 24.7. The van der Waals surface area contributed by atoms with Crippen molar-refractivity contribution in [1.82, 2.24) is 0 Å². The number of fused-ring (bicyclic) bond motifs is 2. The van der Waals surface area contributed by atoms with Crippen LogP contribution in [0.1, 0.15) is 66.4 Å². The molecule has 6 aromatic rings. The fourth-order valence-electron chi connectivity index (χ4n) is 6.51. The van der Waals surface area contributed by atoms with Gasteiger partial charge in [0.25, 0.3) is 23.6 Å². The summed E-state index contributed by atoms with van der Waals surface area (Å²) in [5.41, 5.74) is 4.11. The highest BCUT2D eigenvalue weighted by Crippen LogP contribution is 2.37. The number of nitrogens with zero attached hydrogens (tertiary/aromatic N) is 2. The first-order valence-electron chi connectivity index (χ1n) is 16.4. The summed E-state index contributed by atoms with van der Waals surface area (Å²) in [5.74, 6) is 0.635. The lowest BCUT2D eigenvalue weighted by molar-refractivity contribution is 0.0910. The molecule has 0 fully saturated rings. The average molecular weight is 671 g/mol. The Morgan fingerprint density at radius 1 is 0.392 bits per heavy atom. The van der Waals surface area contributed by atoms with Gasteiger partial charge in [-0.25, -0.2) is 9.80 Å². The van der Waals surface area contributed by atoms with Gasteiger partial charge < -0.3 is 9.47 Å². The standard InChI is InChI=1S/C43H30N2O6/c1-43(2,27-13-17-31(18-14-27)50-33-21-23-35-37(25-33)41(48)44(39(35)46)29-9-5-3-6-10-29)28-15-19-32(20-16-28)51-34-22-24-36-38(26-34)42(49)45(40(36)47)30-11-7-4-8-12-30/h3-26H,1-2H3. The van der Waals surface area contributed by atoms with Crippen molar-refractivity contribution in [3.63, 3.8) is 0 Å². The number of amides is 4. The molecule has 0 saturated heterocycles. The van der Waals surface area contributed by atoms with Crippen LogP contribution in [0.15, 0.2) is 146 Å². The number of carbonyl (C=O) groups is 4. The molecule has 0 N–H and O–H groups in total. The van der Waals surface area contributed by atoms with Crippen LogP contribution in [-0.2, 0) is 5.41 Å². The lowest BCUT2D eigenvalue weighted by atomic mass is 9.78. The monoisotopic (exact) mass is 670 g/mol. The van der Waals surface area contributed by atoms with E-state index in [9.17, 15) is 19.2 Å². The van der Waals surface area contributed by atoms with Crippen LogP contribution < -0.4 is 19.3 Å². The molecule has 0 radical (unpaired) electrons. The summed E-state index contributed by atoms with van der Waals surface area (Å²) in [6.07, 6.45) is 0. The molecule has 0 spiro atoms. The van der Waals surface area contributed by atoms with Gasteiger partial charge in [0.15, 0.2) is 0 Å². The molecular weight excluding hydrogens is 640 g/mol. The second kappa shape index (κ2) is 12.3. The Hall–Kier alpha value is -6.80. The van der Waals surface area contributed by atoms with Crippen LogP contribution in [0.2, 0.25) is 0 Å². The van der Waals surface area contributed by atoms with Gasteiger partial charge in [-0.05, 0) is 96.1 Å². The highest BCUT2D eigenvalue weighted by atomic mass is 16.5. The second-order valence-electron chi connectivity index (χ2n) is 12.9. The van der Waals surface area contributed by atoms with Crippen molar-refractivity contribution in [2.45, 2.75) is 19.3 Å². The van der Waals surface area contributed by atoms with Crippen molar-refractivity contribution in [2.24, 2.45) is 0 Å². The Morgan fingerprint density at radius 3 is 1.10 bits per heavy atom. The van der Waals surface area contributed by atoms with Gasteiger partial charge in [0.05, 0.1) is 33.6 Å². The topological polar surface area (TPSA) is 93.2 Å². The lowest BCUT2D eigenvalue weighted by Gasteiger charge is -2.26. The molecule has 8 heteroatoms. The van der Waals surface area contributed by atoms with Crippen molar-refractivity contribution >= 4 is 35.0 Å². The second-order valence-corrected chi connectivity index (χ2v) is 12.9. The van der Waals surface area contributed by atoms with Gasteiger partial charge >= 0.3 is 0 Å². The van der Waals surface area contributed by atoms with E-state index < -0.39 is 0 Å². The molecule has 51 heavy (non-hydrogen) atoms. The smallest absolute Gasteiger partial charge is 0.266 e. The minimum atomic E-state index is -0.380. The molecule has 0 saturated carbocycles. The fraction of sp³-hybridized carbons (Fsp3) is 0.0698. The van der Waals surface area contributed by atoms with E-state index in [1.165, 1.54) is 9.80 Å². The molecular formula is C43H30N2O6. The van der Waals surface area contributed by atoms with Crippen molar-refractivity contribution in [3.05, 3.63) is 179 Å². The minimum Gasteiger partial charge on any atom is -0.457 e. The zero-order valence-electron chi connectivity index (χ0n) is 27.7. The number of benzene rings is 6. The van der Waals surface area contributed by atoms with E-state index in [0.29, 0.717) is 56.6 Å². The van der Waals surface area contributed by atoms with E-state index in [4.69, 9.17) is 9.47 Å². The van der Waals surface area contributed by atoms with E-state index in [0.717, 1.165) is 11.1 Å². The van der Waals surface area contributed by atoms with Crippen LogP contribution >= 0.6 is 0 Å². The molecule has 2 heterocycles. The Kier molecular flexibility index (Phi) is 7.57. The zero-order valence-corrected chi connectivity index (χ0v) is 27.7. The summed E-state index contributed by atoms with van der Waals surface area (Å²) in [4.78, 5) is 54.6. The maximum absolute atomic E-state index is 13.2. The van der Waals surface area contributed by atoms with Crippen LogP contribution in [0, 0.1) is 0 Å². The predicted octanol–water partition coefficient (Wildman–Crippen LogP) is 9.20. The molecule has 0 bridgehead atoms. The molecule has 248 valence electrons. The molecule has 0 aliphatic carbocycles. The number of rotatable bonds is 8. The van der Waals surface area contributed by atoms with E-state index in [2.05, 4.69) is 13.8 Å². The molecule has 0 atom stereocenters. The third-order valence-corrected chi connectivity index (χ3v) is 9.37. The Labute approximate surface area is 294 Å². The van der Waals surface area contributed by atoms with Gasteiger partial charge in [-0.1, -0.05) is 74.5 Å². The zero-order chi connectivity index (χ0) is 35.3. The number of hydrogen-bond donors (Lipinski definition) is 0. The van der Waals surface area contributed by atoms with Crippen molar-refractivity contribution in [2.75, 3.05) is 9.80 Å². The Bertz CT molecular complexity index is 2180. The first kappa shape index (κ1) is 31.5. The molecule has 8 rings (SSSR count). The third-order valence-electron chi connectivity index (χ3n) is 9.37. The summed E-state index contributed by atoms with van der Waals surface area (Å²) in [7, 11) is 0. The molecule has 0 aromatic heterocycles.